The van der Waals surface area contributed by atoms with Crippen molar-refractivity contribution in [3.8, 4) is 33.4 Å². The minimum absolute atomic E-state index is 0.989. The summed E-state index contributed by atoms with van der Waals surface area (Å²) in [7, 11) is 0. The molecule has 0 amide bonds. The molecule has 0 aliphatic heterocycles. The van der Waals surface area contributed by atoms with Gasteiger partial charge in [0.25, 0.3) is 0 Å². The second kappa shape index (κ2) is 5.99. The molecule has 0 N–H and O–H groups in total. The average molecular weight is 417 g/mol. The first kappa shape index (κ1) is 17.4. The molecule has 0 saturated heterocycles. The number of rotatable bonds is 1. The molecule has 0 nitrogen and oxygen atoms in total. The van der Waals surface area contributed by atoms with Crippen molar-refractivity contribution in [2.24, 2.45) is 0 Å². The van der Waals surface area contributed by atoms with Crippen molar-refractivity contribution in [2.45, 2.75) is 6.42 Å². The number of hydrogen-bond acceptors (Lipinski definition) is 0. The lowest BCUT2D eigenvalue weighted by atomic mass is 9.87. The molecule has 8 rings (SSSR count). The Bertz CT molecular complexity index is 1870. The maximum absolute atomic E-state index is 4.08. The van der Waals surface area contributed by atoms with Gasteiger partial charge in [0.1, 0.15) is 0 Å². The van der Waals surface area contributed by atoms with Crippen LogP contribution in [0.5, 0.6) is 0 Å². The monoisotopic (exact) mass is 416 g/mol. The van der Waals surface area contributed by atoms with Crippen molar-refractivity contribution >= 4 is 38.4 Å². The molecule has 152 valence electrons. The molecular formula is C33H20. The maximum atomic E-state index is 4.08. The minimum Gasteiger partial charge on any atom is -0.0990 e. The molecule has 2 aliphatic rings. The lowest BCUT2D eigenvalue weighted by Gasteiger charge is -2.16. The van der Waals surface area contributed by atoms with Crippen LogP contribution in [0.1, 0.15) is 11.1 Å². The molecule has 0 fully saturated rings. The molecule has 0 aromatic heterocycles. The van der Waals surface area contributed by atoms with E-state index in [1.54, 1.807) is 0 Å². The Hall–Kier alpha value is -4.16. The molecule has 0 atom stereocenters. The summed E-state index contributed by atoms with van der Waals surface area (Å²) in [6.45, 7) is 4.08. The SMILES string of the molecule is C=C/C=c1/c2ccc3c4c(ccc(c5ccc6c(c15)Cc1ccccc1-6)c42)-c1ccccc1-3. The molecule has 0 spiro atoms. The van der Waals surface area contributed by atoms with Gasteiger partial charge in [0, 0.05) is 0 Å². The third-order valence-corrected chi connectivity index (χ3v) is 7.79. The van der Waals surface area contributed by atoms with Gasteiger partial charge in [-0.3, -0.25) is 0 Å². The summed E-state index contributed by atoms with van der Waals surface area (Å²) in [4.78, 5) is 0. The summed E-state index contributed by atoms with van der Waals surface area (Å²) >= 11 is 0. The van der Waals surface area contributed by atoms with E-state index in [1.165, 1.54) is 82.0 Å². The van der Waals surface area contributed by atoms with Gasteiger partial charge in [-0.25, -0.2) is 0 Å². The quantitative estimate of drug-likeness (QED) is 0.188. The fourth-order valence-electron chi connectivity index (χ4n) is 6.52. The molecule has 6 aromatic carbocycles. The number of benzene rings is 6. The zero-order valence-electron chi connectivity index (χ0n) is 18.2. The predicted molar refractivity (Wildman–Crippen MR) is 142 cm³/mol. The molecule has 0 heterocycles. The first-order valence-corrected chi connectivity index (χ1v) is 11.6. The highest BCUT2D eigenvalue weighted by molar-refractivity contribution is 6.30. The number of allylic oxidation sites excluding steroid dienone is 1. The Morgan fingerprint density at radius 2 is 1.12 bits per heavy atom. The predicted octanol–water partition coefficient (Wildman–Crippen LogP) is 8.05. The molecule has 0 unspecified atom stereocenters. The topological polar surface area (TPSA) is 0 Å². The van der Waals surface area contributed by atoms with Crippen LogP contribution in [0.25, 0.3) is 71.8 Å². The van der Waals surface area contributed by atoms with Crippen LogP contribution in [0.3, 0.4) is 0 Å². The lowest BCUT2D eigenvalue weighted by molar-refractivity contribution is 1.28. The van der Waals surface area contributed by atoms with E-state index < -0.39 is 0 Å². The summed E-state index contributed by atoms with van der Waals surface area (Å²) in [6, 6.07) is 31.7. The summed E-state index contributed by atoms with van der Waals surface area (Å²) in [5.41, 5.74) is 11.0. The Morgan fingerprint density at radius 3 is 1.85 bits per heavy atom. The first-order valence-electron chi connectivity index (χ1n) is 11.6. The molecule has 0 bridgehead atoms. The van der Waals surface area contributed by atoms with Gasteiger partial charge in [0.05, 0.1) is 0 Å². The van der Waals surface area contributed by atoms with Crippen molar-refractivity contribution in [3.63, 3.8) is 0 Å². The summed E-state index contributed by atoms with van der Waals surface area (Å²) < 4.78 is 0. The molecule has 0 radical (unpaired) electrons. The average Bonchev–Trinajstić information content (AvgIpc) is 3.40. The first-order chi connectivity index (χ1) is 16.3. The van der Waals surface area contributed by atoms with E-state index in [0.717, 1.165) is 6.42 Å². The summed E-state index contributed by atoms with van der Waals surface area (Å²) in [6.07, 6.45) is 5.16. The van der Waals surface area contributed by atoms with Gasteiger partial charge in [-0.2, -0.15) is 0 Å². The molecule has 33 heavy (non-hydrogen) atoms. The third kappa shape index (κ3) is 2.02. The summed E-state index contributed by atoms with van der Waals surface area (Å²) in [5, 5.41) is 9.50. The van der Waals surface area contributed by atoms with Crippen LogP contribution in [-0.4, -0.2) is 0 Å². The van der Waals surface area contributed by atoms with Crippen molar-refractivity contribution in [2.75, 3.05) is 0 Å². The van der Waals surface area contributed by atoms with Crippen LogP contribution in [-0.2, 0) is 6.42 Å². The number of fused-ring (bicyclic) bond motifs is 9. The van der Waals surface area contributed by atoms with E-state index in [2.05, 4.69) is 97.6 Å². The fraction of sp³-hybridized carbons (Fsp3) is 0.0303. The number of hydrogen-bond donors (Lipinski definition) is 0. The molecule has 6 aromatic rings. The van der Waals surface area contributed by atoms with Crippen LogP contribution in [0.2, 0.25) is 0 Å². The van der Waals surface area contributed by atoms with Gasteiger partial charge in [0.15, 0.2) is 0 Å². The molecule has 2 aliphatic carbocycles. The minimum atomic E-state index is 0.989. The fourth-order valence-corrected chi connectivity index (χ4v) is 6.52. The van der Waals surface area contributed by atoms with Gasteiger partial charge in [-0.15, -0.1) is 0 Å². The van der Waals surface area contributed by atoms with E-state index in [9.17, 15) is 0 Å². The lowest BCUT2D eigenvalue weighted by Crippen LogP contribution is -2.08. The summed E-state index contributed by atoms with van der Waals surface area (Å²) in [5.74, 6) is 0. The van der Waals surface area contributed by atoms with E-state index in [0.29, 0.717) is 0 Å². The zero-order valence-corrected chi connectivity index (χ0v) is 18.2. The van der Waals surface area contributed by atoms with Crippen molar-refractivity contribution in [1.29, 1.82) is 0 Å². The Kier molecular flexibility index (Phi) is 3.16. The van der Waals surface area contributed by atoms with Gasteiger partial charge < -0.3 is 0 Å². The van der Waals surface area contributed by atoms with E-state index in [1.807, 2.05) is 6.08 Å². The van der Waals surface area contributed by atoms with E-state index >= 15 is 0 Å². The van der Waals surface area contributed by atoms with Crippen LogP contribution < -0.4 is 5.22 Å². The van der Waals surface area contributed by atoms with Crippen molar-refractivity contribution in [3.05, 3.63) is 114 Å². The van der Waals surface area contributed by atoms with Crippen LogP contribution in [0, 0.1) is 0 Å². The third-order valence-electron chi connectivity index (χ3n) is 7.79. The normalized spacial score (nSPS) is 13.6. The smallest absolute Gasteiger partial charge is 0.000706 e. The Morgan fingerprint density at radius 1 is 0.515 bits per heavy atom. The highest BCUT2D eigenvalue weighted by atomic mass is 14.3. The molecular weight excluding hydrogens is 396 g/mol. The molecule has 0 saturated carbocycles. The zero-order chi connectivity index (χ0) is 21.7. The second-order valence-electron chi connectivity index (χ2n) is 9.28. The van der Waals surface area contributed by atoms with E-state index in [4.69, 9.17) is 0 Å². The molecule has 0 heteroatoms. The van der Waals surface area contributed by atoms with Gasteiger partial charge in [0.2, 0.25) is 0 Å². The van der Waals surface area contributed by atoms with Crippen LogP contribution >= 0.6 is 0 Å². The van der Waals surface area contributed by atoms with Crippen LogP contribution in [0.15, 0.2) is 97.6 Å². The second-order valence-corrected chi connectivity index (χ2v) is 9.28. The largest absolute Gasteiger partial charge is 0.0990 e. The maximum Gasteiger partial charge on any atom is -0.000706 e. The van der Waals surface area contributed by atoms with Gasteiger partial charge in [-0.1, -0.05) is 104 Å². The van der Waals surface area contributed by atoms with Crippen molar-refractivity contribution < 1.29 is 0 Å². The highest BCUT2D eigenvalue weighted by Gasteiger charge is 2.26. The highest BCUT2D eigenvalue weighted by Crippen LogP contribution is 2.50. The van der Waals surface area contributed by atoms with E-state index in [-0.39, 0.29) is 0 Å². The standard InChI is InChI=1S/C33H20/c1-2-7-24-28-16-14-25-21-10-5-6-11-22(21)26-15-17-29(33(28)32(25)26)27-13-12-23-20-9-4-3-8-19(20)18-30(23)31(24)27/h2-17H,1,18H2/b24-7-. The Balaban J connectivity index is 1.62. The van der Waals surface area contributed by atoms with Gasteiger partial charge >= 0.3 is 0 Å². The van der Waals surface area contributed by atoms with Crippen molar-refractivity contribution in [1.82, 2.24) is 0 Å². The van der Waals surface area contributed by atoms with Gasteiger partial charge in [-0.05, 0) is 88.5 Å². The van der Waals surface area contributed by atoms with Crippen LogP contribution in [0.4, 0.5) is 0 Å². The Labute approximate surface area is 192 Å².